The van der Waals surface area contributed by atoms with Crippen molar-refractivity contribution in [3.05, 3.63) is 29.8 Å². The Bertz CT molecular complexity index is 456. The zero-order valence-electron chi connectivity index (χ0n) is 15.7. The third kappa shape index (κ3) is 7.85. The van der Waals surface area contributed by atoms with E-state index in [9.17, 15) is 4.79 Å². The molecule has 0 N–H and O–H groups in total. The normalized spacial score (nSPS) is 12.0. The Morgan fingerprint density at radius 1 is 0.917 bits per heavy atom. The monoisotopic (exact) mass is 334 g/mol. The van der Waals surface area contributed by atoms with E-state index in [0.717, 1.165) is 25.7 Å². The first-order valence-electron chi connectivity index (χ1n) is 9.56. The lowest BCUT2D eigenvalue weighted by atomic mass is 10.0. The van der Waals surface area contributed by atoms with Gasteiger partial charge in [-0.1, -0.05) is 70.9 Å². The molecule has 0 aromatic heterocycles. The molecule has 0 spiro atoms. The maximum Gasteiger partial charge on any atom is 0.342 e. The van der Waals surface area contributed by atoms with Crippen molar-refractivity contribution in [2.24, 2.45) is 0 Å². The minimum atomic E-state index is -0.270. The first kappa shape index (κ1) is 20.5. The molecule has 0 saturated heterocycles. The fraction of sp³-hybridized carbons (Fsp3) is 0.667. The summed E-state index contributed by atoms with van der Waals surface area (Å²) in [5.74, 6) is 0.308. The van der Waals surface area contributed by atoms with Crippen LogP contribution in [0.1, 0.15) is 88.4 Å². The number of methoxy groups -OCH3 is 1. The van der Waals surface area contributed by atoms with Gasteiger partial charge in [0.2, 0.25) is 0 Å². The van der Waals surface area contributed by atoms with Crippen LogP contribution in [-0.2, 0) is 4.74 Å². The Morgan fingerprint density at radius 2 is 1.58 bits per heavy atom. The fourth-order valence-electron chi connectivity index (χ4n) is 2.94. The number of ether oxygens (including phenoxy) is 2. The third-order valence-corrected chi connectivity index (χ3v) is 4.34. The molecule has 0 saturated carbocycles. The van der Waals surface area contributed by atoms with Crippen LogP contribution in [0, 0.1) is 0 Å². The Kier molecular flexibility index (Phi) is 11.0. The number of unbranched alkanes of at least 4 members (excludes halogenated alkanes) is 6. The van der Waals surface area contributed by atoms with Crippen LogP contribution in [0.3, 0.4) is 0 Å². The van der Waals surface area contributed by atoms with E-state index in [0.29, 0.717) is 11.3 Å². The standard InChI is InChI=1S/C21H34O3/c1-4-6-7-8-9-10-11-15-18(14-5-2)24-21(22)19-16-12-13-17-20(19)23-3/h12-13,16-18H,4-11,14-15H2,1-3H3. The lowest BCUT2D eigenvalue weighted by Crippen LogP contribution is -2.18. The zero-order chi connectivity index (χ0) is 17.6. The molecular weight excluding hydrogens is 300 g/mol. The van der Waals surface area contributed by atoms with Crippen LogP contribution in [0.2, 0.25) is 0 Å². The van der Waals surface area contributed by atoms with Gasteiger partial charge in [0, 0.05) is 0 Å². The number of benzene rings is 1. The maximum absolute atomic E-state index is 12.4. The maximum atomic E-state index is 12.4. The van der Waals surface area contributed by atoms with Crippen LogP contribution in [0.15, 0.2) is 24.3 Å². The van der Waals surface area contributed by atoms with Gasteiger partial charge in [-0.2, -0.15) is 0 Å². The third-order valence-electron chi connectivity index (χ3n) is 4.34. The van der Waals surface area contributed by atoms with E-state index in [-0.39, 0.29) is 12.1 Å². The average molecular weight is 335 g/mol. The average Bonchev–Trinajstić information content (AvgIpc) is 2.60. The molecule has 1 aromatic rings. The summed E-state index contributed by atoms with van der Waals surface area (Å²) < 4.78 is 11.0. The van der Waals surface area contributed by atoms with Gasteiger partial charge >= 0.3 is 5.97 Å². The molecule has 3 heteroatoms. The van der Waals surface area contributed by atoms with E-state index in [2.05, 4.69) is 13.8 Å². The van der Waals surface area contributed by atoms with E-state index >= 15 is 0 Å². The molecule has 24 heavy (non-hydrogen) atoms. The molecule has 0 aliphatic carbocycles. The summed E-state index contributed by atoms with van der Waals surface area (Å²) in [7, 11) is 1.58. The van der Waals surface area contributed by atoms with Gasteiger partial charge in [0.25, 0.3) is 0 Å². The second kappa shape index (κ2) is 12.9. The van der Waals surface area contributed by atoms with Gasteiger partial charge < -0.3 is 9.47 Å². The first-order chi connectivity index (χ1) is 11.7. The molecule has 3 nitrogen and oxygen atoms in total. The number of hydrogen-bond acceptors (Lipinski definition) is 3. The summed E-state index contributed by atoms with van der Waals surface area (Å²) in [4.78, 5) is 12.4. The van der Waals surface area contributed by atoms with Gasteiger partial charge in [-0.25, -0.2) is 4.79 Å². The SMILES string of the molecule is CCCCCCCCCC(CCC)OC(=O)c1ccccc1OC. The zero-order valence-corrected chi connectivity index (χ0v) is 15.7. The number of carbonyl (C=O) groups is 1. The minimum absolute atomic E-state index is 0.0167. The summed E-state index contributed by atoms with van der Waals surface area (Å²) >= 11 is 0. The number of carbonyl (C=O) groups excluding carboxylic acids is 1. The van der Waals surface area contributed by atoms with E-state index in [1.165, 1.54) is 38.5 Å². The number of rotatable bonds is 13. The topological polar surface area (TPSA) is 35.5 Å². The molecular formula is C21H34O3. The fourth-order valence-corrected chi connectivity index (χ4v) is 2.94. The summed E-state index contributed by atoms with van der Waals surface area (Å²) in [5.41, 5.74) is 0.515. The van der Waals surface area contributed by atoms with Crippen LogP contribution in [0.4, 0.5) is 0 Å². The van der Waals surface area contributed by atoms with E-state index < -0.39 is 0 Å². The molecule has 1 atom stereocenters. The number of esters is 1. The first-order valence-corrected chi connectivity index (χ1v) is 9.56. The second-order valence-corrected chi connectivity index (χ2v) is 6.43. The van der Waals surface area contributed by atoms with Gasteiger partial charge in [0.1, 0.15) is 17.4 Å². The predicted octanol–water partition coefficient (Wildman–Crippen LogP) is 6.16. The molecule has 0 aliphatic rings. The van der Waals surface area contributed by atoms with Gasteiger partial charge in [-0.05, 0) is 31.4 Å². The van der Waals surface area contributed by atoms with Gasteiger partial charge in [0.15, 0.2) is 0 Å². The Balaban J connectivity index is 2.40. The Labute approximate surface area is 147 Å². The lowest BCUT2D eigenvalue weighted by Gasteiger charge is -2.18. The molecule has 1 unspecified atom stereocenters. The van der Waals surface area contributed by atoms with E-state index in [4.69, 9.17) is 9.47 Å². The highest BCUT2D eigenvalue weighted by Gasteiger charge is 2.18. The van der Waals surface area contributed by atoms with Crippen molar-refractivity contribution in [1.29, 1.82) is 0 Å². The molecule has 136 valence electrons. The molecule has 0 heterocycles. The van der Waals surface area contributed by atoms with Gasteiger partial charge in [0.05, 0.1) is 7.11 Å². The molecule has 1 aromatic carbocycles. The van der Waals surface area contributed by atoms with Gasteiger partial charge in [-0.15, -0.1) is 0 Å². The molecule has 1 rings (SSSR count). The lowest BCUT2D eigenvalue weighted by molar-refractivity contribution is 0.0250. The van der Waals surface area contributed by atoms with Crippen molar-refractivity contribution in [2.75, 3.05) is 7.11 Å². The van der Waals surface area contributed by atoms with Crippen LogP contribution in [-0.4, -0.2) is 19.2 Å². The summed E-state index contributed by atoms with van der Waals surface area (Å²) in [5, 5.41) is 0. The highest BCUT2D eigenvalue weighted by Crippen LogP contribution is 2.21. The smallest absolute Gasteiger partial charge is 0.342 e. The largest absolute Gasteiger partial charge is 0.496 e. The molecule has 0 amide bonds. The Hall–Kier alpha value is -1.51. The van der Waals surface area contributed by atoms with Crippen LogP contribution >= 0.6 is 0 Å². The quantitative estimate of drug-likeness (QED) is 0.320. The minimum Gasteiger partial charge on any atom is -0.496 e. The van der Waals surface area contributed by atoms with Crippen LogP contribution in [0.25, 0.3) is 0 Å². The molecule has 0 bridgehead atoms. The van der Waals surface area contributed by atoms with Crippen molar-refractivity contribution in [1.82, 2.24) is 0 Å². The second-order valence-electron chi connectivity index (χ2n) is 6.43. The van der Waals surface area contributed by atoms with Crippen molar-refractivity contribution in [3.63, 3.8) is 0 Å². The number of para-hydroxylation sites is 1. The summed E-state index contributed by atoms with van der Waals surface area (Å²) in [6, 6.07) is 7.25. The molecule has 0 radical (unpaired) electrons. The van der Waals surface area contributed by atoms with E-state index in [1.54, 1.807) is 19.2 Å². The molecule has 0 aliphatic heterocycles. The van der Waals surface area contributed by atoms with Crippen LogP contribution < -0.4 is 4.74 Å². The van der Waals surface area contributed by atoms with Crippen molar-refractivity contribution < 1.29 is 14.3 Å². The summed E-state index contributed by atoms with van der Waals surface area (Å²) in [6.45, 7) is 4.38. The number of hydrogen-bond donors (Lipinski definition) is 0. The van der Waals surface area contributed by atoms with Crippen LogP contribution in [0.5, 0.6) is 5.75 Å². The Morgan fingerprint density at radius 3 is 2.25 bits per heavy atom. The predicted molar refractivity (Wildman–Crippen MR) is 99.7 cm³/mol. The van der Waals surface area contributed by atoms with Crippen molar-refractivity contribution in [3.8, 4) is 5.75 Å². The van der Waals surface area contributed by atoms with Gasteiger partial charge in [-0.3, -0.25) is 0 Å². The highest BCUT2D eigenvalue weighted by molar-refractivity contribution is 5.92. The van der Waals surface area contributed by atoms with Crippen molar-refractivity contribution >= 4 is 5.97 Å². The highest BCUT2D eigenvalue weighted by atomic mass is 16.5. The summed E-state index contributed by atoms with van der Waals surface area (Å²) in [6.07, 6.45) is 11.9. The van der Waals surface area contributed by atoms with Crippen molar-refractivity contribution in [2.45, 2.75) is 84.2 Å². The van der Waals surface area contributed by atoms with E-state index in [1.807, 2.05) is 12.1 Å². The molecule has 0 fully saturated rings.